The number of hydrogen-bond acceptors (Lipinski definition) is 3. The van der Waals surface area contributed by atoms with Crippen LogP contribution in [0.5, 0.6) is 0 Å². The highest BCUT2D eigenvalue weighted by Gasteiger charge is 2.29. The zero-order chi connectivity index (χ0) is 15.4. The van der Waals surface area contributed by atoms with E-state index in [2.05, 4.69) is 11.8 Å². The molecule has 1 aromatic rings. The van der Waals surface area contributed by atoms with Gasteiger partial charge in [-0.15, -0.1) is 0 Å². The number of amides is 1. The number of carbonyl (C=O) groups excluding carboxylic acids is 1. The number of halogens is 1. The SMILES string of the molecule is CC(O)C1CCN(C(=O)c2ccc(C#CCN)c(F)c2)C1. The Balaban J connectivity index is 2.12. The summed E-state index contributed by atoms with van der Waals surface area (Å²) in [4.78, 5) is 14.0. The Hall–Kier alpha value is -1.90. The first-order valence-electron chi connectivity index (χ1n) is 6.98. The van der Waals surface area contributed by atoms with Gasteiger partial charge in [0, 0.05) is 24.6 Å². The fourth-order valence-corrected chi connectivity index (χ4v) is 2.44. The summed E-state index contributed by atoms with van der Waals surface area (Å²) in [6.07, 6.45) is 0.333. The summed E-state index contributed by atoms with van der Waals surface area (Å²) < 4.78 is 13.9. The summed E-state index contributed by atoms with van der Waals surface area (Å²) in [7, 11) is 0. The number of benzene rings is 1. The Kier molecular flexibility index (Phi) is 4.94. The van der Waals surface area contributed by atoms with E-state index in [9.17, 15) is 14.3 Å². The Morgan fingerprint density at radius 3 is 2.95 bits per heavy atom. The molecule has 2 rings (SSSR count). The highest BCUT2D eigenvalue weighted by atomic mass is 19.1. The lowest BCUT2D eigenvalue weighted by Crippen LogP contribution is -2.30. The van der Waals surface area contributed by atoms with E-state index in [0.29, 0.717) is 18.7 Å². The molecule has 1 aliphatic heterocycles. The predicted octanol–water partition coefficient (Wildman–Crippen LogP) is 0.979. The molecule has 1 amide bonds. The van der Waals surface area contributed by atoms with Crippen LogP contribution < -0.4 is 5.73 Å². The molecule has 1 aromatic carbocycles. The Labute approximate surface area is 123 Å². The van der Waals surface area contributed by atoms with Crippen molar-refractivity contribution in [3.05, 3.63) is 35.1 Å². The van der Waals surface area contributed by atoms with Gasteiger partial charge < -0.3 is 15.7 Å². The van der Waals surface area contributed by atoms with Crippen LogP contribution in [0.2, 0.25) is 0 Å². The monoisotopic (exact) mass is 290 g/mol. The third-order valence-electron chi connectivity index (χ3n) is 3.74. The van der Waals surface area contributed by atoms with Crippen LogP contribution in [0.15, 0.2) is 18.2 Å². The number of carbonyl (C=O) groups is 1. The molecule has 2 atom stereocenters. The van der Waals surface area contributed by atoms with E-state index in [0.717, 1.165) is 6.42 Å². The molecule has 0 saturated carbocycles. The highest BCUT2D eigenvalue weighted by Crippen LogP contribution is 2.22. The first-order valence-corrected chi connectivity index (χ1v) is 6.98. The number of rotatable bonds is 2. The quantitative estimate of drug-likeness (QED) is 0.798. The molecule has 2 unspecified atom stereocenters. The van der Waals surface area contributed by atoms with Gasteiger partial charge in [-0.05, 0) is 31.5 Å². The smallest absolute Gasteiger partial charge is 0.253 e. The summed E-state index contributed by atoms with van der Waals surface area (Å²) in [6.45, 7) is 2.98. The third-order valence-corrected chi connectivity index (χ3v) is 3.74. The summed E-state index contributed by atoms with van der Waals surface area (Å²) in [5, 5.41) is 9.56. The molecule has 1 fully saturated rings. The van der Waals surface area contributed by atoms with Gasteiger partial charge in [-0.3, -0.25) is 4.79 Å². The summed E-state index contributed by atoms with van der Waals surface area (Å²) in [5.41, 5.74) is 5.79. The Morgan fingerprint density at radius 1 is 1.62 bits per heavy atom. The normalized spacial score (nSPS) is 19.0. The second-order valence-corrected chi connectivity index (χ2v) is 5.24. The predicted molar refractivity (Wildman–Crippen MR) is 78.0 cm³/mol. The zero-order valence-corrected chi connectivity index (χ0v) is 12.0. The largest absolute Gasteiger partial charge is 0.393 e. The number of nitrogens with zero attached hydrogens (tertiary/aromatic N) is 1. The first kappa shape index (κ1) is 15.5. The van der Waals surface area contributed by atoms with Crippen molar-refractivity contribution < 1.29 is 14.3 Å². The molecule has 4 nitrogen and oxygen atoms in total. The molecule has 5 heteroatoms. The van der Waals surface area contributed by atoms with Crippen LogP contribution in [0, 0.1) is 23.6 Å². The lowest BCUT2D eigenvalue weighted by molar-refractivity contribution is 0.0762. The second-order valence-electron chi connectivity index (χ2n) is 5.24. The van der Waals surface area contributed by atoms with E-state index < -0.39 is 11.9 Å². The van der Waals surface area contributed by atoms with Crippen molar-refractivity contribution >= 4 is 5.91 Å². The van der Waals surface area contributed by atoms with E-state index in [1.165, 1.54) is 12.1 Å². The average molecular weight is 290 g/mol. The van der Waals surface area contributed by atoms with Gasteiger partial charge in [-0.2, -0.15) is 0 Å². The third kappa shape index (κ3) is 3.60. The molecule has 0 radical (unpaired) electrons. The molecule has 0 aromatic heterocycles. The summed E-state index contributed by atoms with van der Waals surface area (Å²) >= 11 is 0. The van der Waals surface area contributed by atoms with E-state index >= 15 is 0 Å². The van der Waals surface area contributed by atoms with Crippen LogP contribution in [-0.2, 0) is 0 Å². The van der Waals surface area contributed by atoms with Gasteiger partial charge in [0.25, 0.3) is 5.91 Å². The number of aliphatic hydroxyl groups is 1. The minimum atomic E-state index is -0.520. The van der Waals surface area contributed by atoms with Crippen LogP contribution in [0.3, 0.4) is 0 Å². The van der Waals surface area contributed by atoms with Crippen molar-refractivity contribution in [1.82, 2.24) is 4.90 Å². The molecule has 21 heavy (non-hydrogen) atoms. The van der Waals surface area contributed by atoms with Gasteiger partial charge in [0.05, 0.1) is 18.2 Å². The lowest BCUT2D eigenvalue weighted by atomic mass is 10.0. The topological polar surface area (TPSA) is 66.6 Å². The van der Waals surface area contributed by atoms with Gasteiger partial charge in [0.2, 0.25) is 0 Å². The van der Waals surface area contributed by atoms with Crippen molar-refractivity contribution in [2.24, 2.45) is 11.7 Å². The maximum Gasteiger partial charge on any atom is 0.253 e. The fraction of sp³-hybridized carbons (Fsp3) is 0.438. The van der Waals surface area contributed by atoms with Gasteiger partial charge in [0.15, 0.2) is 0 Å². The van der Waals surface area contributed by atoms with Crippen molar-refractivity contribution in [1.29, 1.82) is 0 Å². The van der Waals surface area contributed by atoms with Gasteiger partial charge in [0.1, 0.15) is 5.82 Å². The summed E-state index contributed by atoms with van der Waals surface area (Å²) in [6, 6.07) is 4.27. The number of likely N-dealkylation sites (tertiary alicyclic amines) is 1. The first-order chi connectivity index (χ1) is 10.0. The maximum atomic E-state index is 13.9. The molecule has 0 aliphatic carbocycles. The van der Waals surface area contributed by atoms with Crippen LogP contribution in [0.25, 0.3) is 0 Å². The van der Waals surface area contributed by atoms with Gasteiger partial charge in [-0.25, -0.2) is 4.39 Å². The molecule has 0 spiro atoms. The second kappa shape index (κ2) is 6.70. The maximum absolute atomic E-state index is 13.9. The summed E-state index contributed by atoms with van der Waals surface area (Å²) in [5.74, 6) is 4.56. The Morgan fingerprint density at radius 2 is 2.38 bits per heavy atom. The van der Waals surface area contributed by atoms with E-state index in [1.807, 2.05) is 0 Å². The van der Waals surface area contributed by atoms with E-state index in [1.54, 1.807) is 17.9 Å². The van der Waals surface area contributed by atoms with Crippen molar-refractivity contribution in [2.75, 3.05) is 19.6 Å². The van der Waals surface area contributed by atoms with Gasteiger partial charge >= 0.3 is 0 Å². The standard InChI is InChI=1S/C16H19FN2O2/c1-11(20)14-6-8-19(10-14)16(21)13-5-4-12(3-2-7-18)15(17)9-13/h4-5,9,11,14,20H,6-8,10,18H2,1H3. The lowest BCUT2D eigenvalue weighted by Gasteiger charge is -2.18. The number of nitrogens with two attached hydrogens (primary N) is 1. The fourth-order valence-electron chi connectivity index (χ4n) is 2.44. The van der Waals surface area contributed by atoms with Crippen LogP contribution in [-0.4, -0.2) is 41.7 Å². The molecule has 0 bridgehead atoms. The molecule has 112 valence electrons. The van der Waals surface area contributed by atoms with Crippen molar-refractivity contribution in [3.8, 4) is 11.8 Å². The van der Waals surface area contributed by atoms with Crippen LogP contribution >= 0.6 is 0 Å². The molecular formula is C16H19FN2O2. The van der Waals surface area contributed by atoms with Crippen molar-refractivity contribution in [3.63, 3.8) is 0 Å². The minimum Gasteiger partial charge on any atom is -0.393 e. The molecule has 1 heterocycles. The number of hydrogen-bond donors (Lipinski definition) is 2. The van der Waals surface area contributed by atoms with Crippen LogP contribution in [0.1, 0.15) is 29.3 Å². The minimum absolute atomic E-state index is 0.0912. The van der Waals surface area contributed by atoms with Crippen molar-refractivity contribution in [2.45, 2.75) is 19.4 Å². The number of aliphatic hydroxyl groups excluding tert-OH is 1. The average Bonchev–Trinajstić information content (AvgIpc) is 2.95. The van der Waals surface area contributed by atoms with E-state index in [-0.39, 0.29) is 23.9 Å². The van der Waals surface area contributed by atoms with E-state index in [4.69, 9.17) is 5.73 Å². The Bertz CT molecular complexity index is 590. The zero-order valence-electron chi connectivity index (χ0n) is 12.0. The molecule has 1 aliphatic rings. The highest BCUT2D eigenvalue weighted by molar-refractivity contribution is 5.94. The molecule has 1 saturated heterocycles. The molecule has 3 N–H and O–H groups in total. The van der Waals surface area contributed by atoms with Gasteiger partial charge in [-0.1, -0.05) is 11.8 Å². The van der Waals surface area contributed by atoms with Crippen LogP contribution in [0.4, 0.5) is 4.39 Å². The molecular weight excluding hydrogens is 271 g/mol.